The van der Waals surface area contributed by atoms with Crippen molar-refractivity contribution in [3.8, 4) is 0 Å². The number of carbonyl (C=O) groups is 1. The van der Waals surface area contributed by atoms with Crippen LogP contribution in [0.4, 0.5) is 0 Å². The molecule has 0 saturated carbocycles. The van der Waals surface area contributed by atoms with E-state index in [-0.39, 0.29) is 5.91 Å². The van der Waals surface area contributed by atoms with Gasteiger partial charge in [-0.05, 0) is 35.8 Å². The number of nitrogens with zero attached hydrogens (tertiary/aromatic N) is 1. The maximum atomic E-state index is 13.5. The fourth-order valence-corrected chi connectivity index (χ4v) is 6.12. The van der Waals surface area contributed by atoms with E-state index in [4.69, 9.17) is 0 Å². The summed E-state index contributed by atoms with van der Waals surface area (Å²) in [5.41, 5.74) is 2.32. The standard InChI is InChI=1S/C29H28NOP/c31-29(21-22-32(27-17-9-3-10-18-27)28-19-11-4-12-20-28)30(23-25-13-5-1-6-14-25)24-26-15-7-2-8-16-26/h1-20H,21-24H2. The van der Waals surface area contributed by atoms with Crippen LogP contribution in [0.15, 0.2) is 121 Å². The Hall–Kier alpha value is -3.22. The van der Waals surface area contributed by atoms with Crippen LogP contribution in [0.1, 0.15) is 17.5 Å². The first-order valence-corrected chi connectivity index (χ1v) is 12.6. The molecule has 0 aliphatic heterocycles. The fraction of sp³-hybridized carbons (Fsp3) is 0.138. The highest BCUT2D eigenvalue weighted by Gasteiger charge is 2.19. The van der Waals surface area contributed by atoms with E-state index in [9.17, 15) is 4.79 Å². The third-order valence-electron chi connectivity index (χ3n) is 5.47. The second-order valence-electron chi connectivity index (χ2n) is 7.79. The Morgan fingerprint density at radius 3 is 1.34 bits per heavy atom. The molecule has 0 radical (unpaired) electrons. The number of benzene rings is 4. The molecular weight excluding hydrogens is 409 g/mol. The van der Waals surface area contributed by atoms with E-state index in [1.54, 1.807) is 0 Å². The van der Waals surface area contributed by atoms with Crippen LogP contribution in [0.25, 0.3) is 0 Å². The van der Waals surface area contributed by atoms with E-state index in [1.807, 2.05) is 41.3 Å². The zero-order valence-corrected chi connectivity index (χ0v) is 19.1. The Balaban J connectivity index is 1.52. The molecule has 0 spiro atoms. The average Bonchev–Trinajstić information content (AvgIpc) is 2.86. The monoisotopic (exact) mass is 437 g/mol. The van der Waals surface area contributed by atoms with Gasteiger partial charge in [0, 0.05) is 19.5 Å². The number of carbonyl (C=O) groups excluding carboxylic acids is 1. The first kappa shape index (κ1) is 22.0. The summed E-state index contributed by atoms with van der Waals surface area (Å²) in [7, 11) is -0.574. The Labute approximate surface area is 192 Å². The van der Waals surface area contributed by atoms with Gasteiger partial charge in [0.15, 0.2) is 0 Å². The Kier molecular flexibility index (Phi) is 7.84. The van der Waals surface area contributed by atoms with E-state index in [0.29, 0.717) is 19.5 Å². The lowest BCUT2D eigenvalue weighted by Crippen LogP contribution is -2.31. The van der Waals surface area contributed by atoms with Crippen LogP contribution in [0, 0.1) is 0 Å². The Morgan fingerprint density at radius 1 is 0.562 bits per heavy atom. The van der Waals surface area contributed by atoms with Crippen molar-refractivity contribution in [3.05, 3.63) is 132 Å². The molecule has 0 bridgehead atoms. The molecule has 0 heterocycles. The van der Waals surface area contributed by atoms with Crippen molar-refractivity contribution in [1.82, 2.24) is 4.90 Å². The minimum atomic E-state index is -0.574. The third kappa shape index (κ3) is 6.15. The summed E-state index contributed by atoms with van der Waals surface area (Å²) >= 11 is 0. The molecular formula is C29H28NOP. The summed E-state index contributed by atoms with van der Waals surface area (Å²) < 4.78 is 0. The number of rotatable bonds is 9. The lowest BCUT2D eigenvalue weighted by Gasteiger charge is -2.25. The van der Waals surface area contributed by atoms with Gasteiger partial charge in [-0.1, -0.05) is 121 Å². The zero-order valence-electron chi connectivity index (χ0n) is 18.2. The van der Waals surface area contributed by atoms with Crippen molar-refractivity contribution >= 4 is 24.4 Å². The second kappa shape index (κ2) is 11.4. The van der Waals surface area contributed by atoms with Gasteiger partial charge in [0.2, 0.25) is 5.91 Å². The normalized spacial score (nSPS) is 10.8. The quantitative estimate of drug-likeness (QED) is 0.306. The number of hydrogen-bond donors (Lipinski definition) is 0. The van der Waals surface area contributed by atoms with Gasteiger partial charge in [0.25, 0.3) is 0 Å². The highest BCUT2D eigenvalue weighted by Crippen LogP contribution is 2.34. The molecule has 0 atom stereocenters. The molecule has 160 valence electrons. The molecule has 0 fully saturated rings. The molecule has 0 aliphatic carbocycles. The van der Waals surface area contributed by atoms with E-state index in [1.165, 1.54) is 10.6 Å². The minimum absolute atomic E-state index is 0.206. The third-order valence-corrected chi connectivity index (χ3v) is 7.98. The molecule has 0 unspecified atom stereocenters. The summed E-state index contributed by atoms with van der Waals surface area (Å²) in [6.45, 7) is 1.26. The van der Waals surface area contributed by atoms with E-state index < -0.39 is 7.92 Å². The predicted octanol–water partition coefficient (Wildman–Crippen LogP) is 5.74. The molecule has 4 aromatic rings. The van der Waals surface area contributed by atoms with Crippen LogP contribution >= 0.6 is 7.92 Å². The molecule has 3 heteroatoms. The van der Waals surface area contributed by atoms with Gasteiger partial charge in [-0.2, -0.15) is 0 Å². The van der Waals surface area contributed by atoms with Crippen LogP contribution in [0.5, 0.6) is 0 Å². The van der Waals surface area contributed by atoms with Gasteiger partial charge in [0.1, 0.15) is 0 Å². The molecule has 4 rings (SSSR count). The first-order valence-electron chi connectivity index (χ1n) is 11.0. The van der Waals surface area contributed by atoms with Gasteiger partial charge in [-0.3, -0.25) is 4.79 Å². The predicted molar refractivity (Wildman–Crippen MR) is 136 cm³/mol. The Morgan fingerprint density at radius 2 is 0.938 bits per heavy atom. The lowest BCUT2D eigenvalue weighted by molar-refractivity contribution is -0.132. The van der Waals surface area contributed by atoms with E-state index in [2.05, 4.69) is 84.9 Å². The summed E-state index contributed by atoms with van der Waals surface area (Å²) in [5, 5.41) is 2.64. The molecule has 32 heavy (non-hydrogen) atoms. The summed E-state index contributed by atoms with van der Waals surface area (Å²) in [6, 6.07) is 41.7. The molecule has 4 aromatic carbocycles. The van der Waals surface area contributed by atoms with Crippen molar-refractivity contribution in [1.29, 1.82) is 0 Å². The van der Waals surface area contributed by atoms with Gasteiger partial charge < -0.3 is 4.90 Å². The van der Waals surface area contributed by atoms with Crippen molar-refractivity contribution < 1.29 is 4.79 Å². The van der Waals surface area contributed by atoms with E-state index >= 15 is 0 Å². The van der Waals surface area contributed by atoms with Gasteiger partial charge in [-0.25, -0.2) is 0 Å². The lowest BCUT2D eigenvalue weighted by atomic mass is 10.1. The molecule has 1 amide bonds. The van der Waals surface area contributed by atoms with Crippen LogP contribution < -0.4 is 10.6 Å². The Bertz CT molecular complexity index is 1000. The van der Waals surface area contributed by atoms with Crippen LogP contribution in [0.2, 0.25) is 0 Å². The number of hydrogen-bond acceptors (Lipinski definition) is 1. The maximum absolute atomic E-state index is 13.5. The smallest absolute Gasteiger partial charge is 0.223 e. The van der Waals surface area contributed by atoms with Crippen molar-refractivity contribution in [2.24, 2.45) is 0 Å². The van der Waals surface area contributed by atoms with Gasteiger partial charge in [-0.15, -0.1) is 0 Å². The van der Waals surface area contributed by atoms with E-state index in [0.717, 1.165) is 17.3 Å². The van der Waals surface area contributed by atoms with Crippen molar-refractivity contribution in [2.45, 2.75) is 19.5 Å². The average molecular weight is 438 g/mol. The summed E-state index contributed by atoms with van der Waals surface area (Å²) in [4.78, 5) is 15.4. The molecule has 0 N–H and O–H groups in total. The first-order chi connectivity index (χ1) is 15.8. The highest BCUT2D eigenvalue weighted by molar-refractivity contribution is 7.73. The maximum Gasteiger partial charge on any atom is 0.223 e. The molecule has 0 aromatic heterocycles. The van der Waals surface area contributed by atoms with Gasteiger partial charge >= 0.3 is 0 Å². The van der Waals surface area contributed by atoms with Crippen LogP contribution in [0.3, 0.4) is 0 Å². The minimum Gasteiger partial charge on any atom is -0.334 e. The number of amides is 1. The molecule has 0 aliphatic rings. The topological polar surface area (TPSA) is 20.3 Å². The summed E-state index contributed by atoms with van der Waals surface area (Å²) in [5.74, 6) is 0.206. The van der Waals surface area contributed by atoms with Crippen molar-refractivity contribution in [3.63, 3.8) is 0 Å². The van der Waals surface area contributed by atoms with Gasteiger partial charge in [0.05, 0.1) is 0 Å². The van der Waals surface area contributed by atoms with Crippen LogP contribution in [-0.2, 0) is 17.9 Å². The van der Waals surface area contributed by atoms with Crippen molar-refractivity contribution in [2.75, 3.05) is 6.16 Å². The zero-order chi connectivity index (χ0) is 22.0. The molecule has 0 saturated heterocycles. The second-order valence-corrected chi connectivity index (χ2v) is 10.1. The largest absolute Gasteiger partial charge is 0.334 e. The molecule has 2 nitrogen and oxygen atoms in total. The fourth-order valence-electron chi connectivity index (χ4n) is 3.83. The SMILES string of the molecule is O=C(CCP(c1ccccc1)c1ccccc1)N(Cc1ccccc1)Cc1ccccc1. The van der Waals surface area contributed by atoms with Crippen LogP contribution in [-0.4, -0.2) is 17.0 Å². The summed E-state index contributed by atoms with van der Waals surface area (Å²) in [6.07, 6.45) is 1.39. The highest BCUT2D eigenvalue weighted by atomic mass is 31.1.